The van der Waals surface area contributed by atoms with Crippen LogP contribution >= 0.6 is 0 Å². The summed E-state index contributed by atoms with van der Waals surface area (Å²) in [7, 11) is 4.17. The Morgan fingerprint density at radius 3 is 2.78 bits per heavy atom. The average molecular weight is 253 g/mol. The van der Waals surface area contributed by atoms with E-state index in [0.717, 1.165) is 38.9 Å². The molecule has 4 heteroatoms. The van der Waals surface area contributed by atoms with Crippen LogP contribution < -0.4 is 5.32 Å². The Bertz CT molecular complexity index is 312. The van der Waals surface area contributed by atoms with E-state index in [-0.39, 0.29) is 5.41 Å². The second-order valence-electron chi connectivity index (χ2n) is 6.41. The van der Waals surface area contributed by atoms with Crippen LogP contribution in [0.25, 0.3) is 0 Å². The molecule has 2 heterocycles. The standard InChI is InChI=1S/C14H27N3O/c1-11-9-12(5-8-16(11)3)17(4)13(18)14(2)6-7-15-10-14/h11-12,15H,5-10H2,1-4H3/t11-,12-,14-/m1/s1. The summed E-state index contributed by atoms with van der Waals surface area (Å²) in [6.45, 7) is 7.25. The first kappa shape index (κ1) is 13.8. The fraction of sp³-hybridized carbons (Fsp3) is 0.929. The zero-order valence-electron chi connectivity index (χ0n) is 12.2. The number of likely N-dealkylation sites (tertiary alicyclic amines) is 1. The zero-order valence-corrected chi connectivity index (χ0v) is 12.2. The van der Waals surface area contributed by atoms with Crippen LogP contribution in [0.5, 0.6) is 0 Å². The van der Waals surface area contributed by atoms with Gasteiger partial charge in [0.05, 0.1) is 5.41 Å². The molecule has 3 atom stereocenters. The monoisotopic (exact) mass is 253 g/mol. The van der Waals surface area contributed by atoms with Crippen LogP contribution in [0.2, 0.25) is 0 Å². The smallest absolute Gasteiger partial charge is 0.229 e. The third-order valence-corrected chi connectivity index (χ3v) is 4.93. The largest absolute Gasteiger partial charge is 0.342 e. The molecule has 0 aromatic rings. The second kappa shape index (κ2) is 5.17. The van der Waals surface area contributed by atoms with Crippen LogP contribution in [0.15, 0.2) is 0 Å². The van der Waals surface area contributed by atoms with Crippen LogP contribution in [0.4, 0.5) is 0 Å². The second-order valence-corrected chi connectivity index (χ2v) is 6.41. The molecule has 2 saturated heterocycles. The van der Waals surface area contributed by atoms with Gasteiger partial charge in [-0.05, 0) is 46.7 Å². The Morgan fingerprint density at radius 1 is 1.50 bits per heavy atom. The molecule has 0 spiro atoms. The minimum absolute atomic E-state index is 0.179. The molecule has 1 N–H and O–H groups in total. The summed E-state index contributed by atoms with van der Waals surface area (Å²) in [4.78, 5) is 17.0. The molecule has 18 heavy (non-hydrogen) atoms. The van der Waals surface area contributed by atoms with Gasteiger partial charge in [-0.3, -0.25) is 4.79 Å². The number of amides is 1. The predicted octanol–water partition coefficient (Wildman–Crippen LogP) is 0.927. The number of rotatable bonds is 2. The summed E-state index contributed by atoms with van der Waals surface area (Å²) < 4.78 is 0. The Labute approximate surface area is 111 Å². The number of carbonyl (C=O) groups excluding carboxylic acids is 1. The molecule has 0 bridgehead atoms. The Hall–Kier alpha value is -0.610. The van der Waals surface area contributed by atoms with Crippen molar-refractivity contribution in [3.05, 3.63) is 0 Å². The van der Waals surface area contributed by atoms with E-state index in [9.17, 15) is 4.79 Å². The van der Waals surface area contributed by atoms with Crippen LogP contribution in [0.1, 0.15) is 33.1 Å². The predicted molar refractivity (Wildman–Crippen MR) is 73.5 cm³/mol. The number of hydrogen-bond acceptors (Lipinski definition) is 3. The maximum atomic E-state index is 12.6. The molecular weight excluding hydrogens is 226 g/mol. The maximum Gasteiger partial charge on any atom is 0.229 e. The van der Waals surface area contributed by atoms with Crippen molar-refractivity contribution in [1.82, 2.24) is 15.1 Å². The van der Waals surface area contributed by atoms with Crippen LogP contribution in [-0.4, -0.2) is 61.5 Å². The quantitative estimate of drug-likeness (QED) is 0.795. The van der Waals surface area contributed by atoms with Crippen molar-refractivity contribution in [1.29, 1.82) is 0 Å². The Morgan fingerprint density at radius 2 is 2.22 bits per heavy atom. The highest BCUT2D eigenvalue weighted by Gasteiger charge is 2.40. The first-order valence-corrected chi connectivity index (χ1v) is 7.12. The zero-order chi connectivity index (χ0) is 13.3. The van der Waals surface area contributed by atoms with Crippen molar-refractivity contribution >= 4 is 5.91 Å². The molecule has 0 unspecified atom stereocenters. The molecule has 0 aliphatic carbocycles. The summed E-state index contributed by atoms with van der Waals surface area (Å²) in [5, 5.41) is 3.31. The van der Waals surface area contributed by atoms with Crippen molar-refractivity contribution in [2.75, 3.05) is 33.7 Å². The molecule has 104 valence electrons. The van der Waals surface area contributed by atoms with E-state index >= 15 is 0 Å². The summed E-state index contributed by atoms with van der Waals surface area (Å²) in [6.07, 6.45) is 3.17. The highest BCUT2D eigenvalue weighted by atomic mass is 16.2. The normalized spacial score (nSPS) is 37.8. The lowest BCUT2D eigenvalue weighted by Crippen LogP contribution is -2.51. The average Bonchev–Trinajstić information content (AvgIpc) is 2.79. The van der Waals surface area contributed by atoms with Crippen molar-refractivity contribution in [3.63, 3.8) is 0 Å². The van der Waals surface area contributed by atoms with E-state index in [2.05, 4.69) is 31.1 Å². The van der Waals surface area contributed by atoms with E-state index in [4.69, 9.17) is 0 Å². The summed E-state index contributed by atoms with van der Waals surface area (Å²) in [5.41, 5.74) is -0.179. The van der Waals surface area contributed by atoms with Gasteiger partial charge < -0.3 is 15.1 Å². The number of nitrogens with one attached hydrogen (secondary N) is 1. The van der Waals surface area contributed by atoms with Gasteiger partial charge in [0.1, 0.15) is 0 Å². The summed E-state index contributed by atoms with van der Waals surface area (Å²) >= 11 is 0. The van der Waals surface area contributed by atoms with Gasteiger partial charge in [-0.25, -0.2) is 0 Å². The van der Waals surface area contributed by atoms with E-state index < -0.39 is 0 Å². The molecule has 0 saturated carbocycles. The van der Waals surface area contributed by atoms with Crippen molar-refractivity contribution in [2.45, 2.75) is 45.2 Å². The van der Waals surface area contributed by atoms with Gasteiger partial charge in [-0.2, -0.15) is 0 Å². The van der Waals surface area contributed by atoms with Crippen LogP contribution in [-0.2, 0) is 4.79 Å². The van der Waals surface area contributed by atoms with E-state index in [1.807, 2.05) is 11.9 Å². The third kappa shape index (κ3) is 2.54. The van der Waals surface area contributed by atoms with Crippen molar-refractivity contribution < 1.29 is 4.79 Å². The minimum atomic E-state index is -0.179. The van der Waals surface area contributed by atoms with Gasteiger partial charge in [0.2, 0.25) is 5.91 Å². The third-order valence-electron chi connectivity index (χ3n) is 4.93. The van der Waals surface area contributed by atoms with Gasteiger partial charge in [-0.1, -0.05) is 0 Å². The van der Waals surface area contributed by atoms with Crippen molar-refractivity contribution in [3.8, 4) is 0 Å². The SMILES string of the molecule is C[C@@H]1C[C@H](N(C)C(=O)[C@]2(C)CCNC2)CCN1C. The van der Waals surface area contributed by atoms with Crippen LogP contribution in [0.3, 0.4) is 0 Å². The lowest BCUT2D eigenvalue weighted by atomic mass is 9.86. The van der Waals surface area contributed by atoms with Gasteiger partial charge in [0.25, 0.3) is 0 Å². The lowest BCUT2D eigenvalue weighted by molar-refractivity contribution is -0.142. The summed E-state index contributed by atoms with van der Waals surface area (Å²) in [5.74, 6) is 0.328. The first-order valence-electron chi connectivity index (χ1n) is 7.12. The fourth-order valence-corrected chi connectivity index (χ4v) is 3.21. The van der Waals surface area contributed by atoms with E-state index in [1.54, 1.807) is 0 Å². The fourth-order valence-electron chi connectivity index (χ4n) is 3.21. The molecule has 0 radical (unpaired) electrons. The molecule has 2 aliphatic rings. The van der Waals surface area contributed by atoms with Crippen LogP contribution in [0, 0.1) is 5.41 Å². The van der Waals surface area contributed by atoms with Gasteiger partial charge in [0, 0.05) is 32.2 Å². The van der Waals surface area contributed by atoms with Gasteiger partial charge in [-0.15, -0.1) is 0 Å². The highest BCUT2D eigenvalue weighted by Crippen LogP contribution is 2.29. The molecule has 2 aliphatic heterocycles. The molecule has 2 fully saturated rings. The molecule has 2 rings (SSSR count). The van der Waals surface area contributed by atoms with E-state index in [0.29, 0.717) is 18.0 Å². The highest BCUT2D eigenvalue weighted by molar-refractivity contribution is 5.83. The molecule has 0 aromatic heterocycles. The number of carbonyl (C=O) groups is 1. The Balaban J connectivity index is 1.98. The Kier molecular flexibility index (Phi) is 3.97. The molecular formula is C14H27N3O. The number of nitrogens with zero attached hydrogens (tertiary/aromatic N) is 2. The topological polar surface area (TPSA) is 35.6 Å². The van der Waals surface area contributed by atoms with Gasteiger partial charge >= 0.3 is 0 Å². The van der Waals surface area contributed by atoms with Crippen molar-refractivity contribution in [2.24, 2.45) is 5.41 Å². The minimum Gasteiger partial charge on any atom is -0.342 e. The number of hydrogen-bond donors (Lipinski definition) is 1. The van der Waals surface area contributed by atoms with Gasteiger partial charge in [0.15, 0.2) is 0 Å². The lowest BCUT2D eigenvalue weighted by Gasteiger charge is -2.41. The molecule has 0 aromatic carbocycles. The first-order chi connectivity index (χ1) is 8.44. The maximum absolute atomic E-state index is 12.6. The van der Waals surface area contributed by atoms with E-state index in [1.165, 1.54) is 0 Å². The number of piperidine rings is 1. The summed E-state index contributed by atoms with van der Waals surface area (Å²) in [6, 6.07) is 0.995. The molecule has 4 nitrogen and oxygen atoms in total. The molecule has 1 amide bonds.